The van der Waals surface area contributed by atoms with Crippen molar-refractivity contribution in [1.29, 1.82) is 0 Å². The summed E-state index contributed by atoms with van der Waals surface area (Å²) in [6.07, 6.45) is 0. The minimum atomic E-state index is -0.310. The summed E-state index contributed by atoms with van der Waals surface area (Å²) in [7, 11) is 1.59. The van der Waals surface area contributed by atoms with Gasteiger partial charge in [-0.2, -0.15) is 0 Å². The molecule has 0 radical (unpaired) electrons. The second kappa shape index (κ2) is 7.40. The van der Waals surface area contributed by atoms with Crippen LogP contribution in [0, 0.1) is 5.82 Å². The fourth-order valence-electron chi connectivity index (χ4n) is 2.37. The molecule has 0 aliphatic rings. The van der Waals surface area contributed by atoms with Gasteiger partial charge in [0.15, 0.2) is 0 Å². The molecule has 1 atom stereocenters. The molecular weight excluding hydrogens is 341 g/mol. The topological polar surface area (TPSA) is 64.1 Å². The monoisotopic (exact) mass is 357 g/mol. The number of carbonyl (C=O) groups is 1. The normalized spacial score (nSPS) is 11.8. The van der Waals surface area contributed by atoms with E-state index < -0.39 is 0 Å². The zero-order valence-corrected chi connectivity index (χ0v) is 14.5. The van der Waals surface area contributed by atoms with Crippen molar-refractivity contribution in [1.82, 2.24) is 14.9 Å². The lowest BCUT2D eigenvalue weighted by Crippen LogP contribution is -2.26. The molecule has 7 heteroatoms. The Morgan fingerprint density at radius 2 is 1.84 bits per heavy atom. The first-order chi connectivity index (χ1) is 12.1. The van der Waals surface area contributed by atoms with E-state index in [1.165, 1.54) is 12.1 Å². The minimum absolute atomic E-state index is 0.265. The molecular formula is C18H16FN3O2S. The molecule has 3 rings (SSSR count). The maximum Gasteiger partial charge on any atom is 0.265 e. The first-order valence-corrected chi connectivity index (χ1v) is 8.39. The molecule has 1 N–H and O–H groups in total. The van der Waals surface area contributed by atoms with Crippen LogP contribution in [0.5, 0.6) is 5.75 Å². The van der Waals surface area contributed by atoms with Crippen LogP contribution in [0.15, 0.2) is 48.5 Å². The van der Waals surface area contributed by atoms with E-state index in [0.29, 0.717) is 10.6 Å². The predicted octanol–water partition coefficient (Wildman–Crippen LogP) is 3.84. The minimum Gasteiger partial charge on any atom is -0.497 e. The summed E-state index contributed by atoms with van der Waals surface area (Å²) in [6, 6.07) is 13.0. The van der Waals surface area contributed by atoms with E-state index in [-0.39, 0.29) is 17.8 Å². The van der Waals surface area contributed by atoms with E-state index >= 15 is 0 Å². The third kappa shape index (κ3) is 3.83. The van der Waals surface area contributed by atoms with Crippen LogP contribution in [0.2, 0.25) is 0 Å². The van der Waals surface area contributed by atoms with Crippen LogP contribution in [-0.2, 0) is 0 Å². The summed E-state index contributed by atoms with van der Waals surface area (Å²) >= 11 is 1.04. The number of amides is 1. The number of methoxy groups -OCH3 is 1. The standard InChI is InChI=1S/C18H16FN3O2S/c1-11(12-3-7-14(19)8-4-12)20-18(23)17-16(21-22-25-17)13-5-9-15(24-2)10-6-13/h3-11H,1-2H3,(H,20,23)/t11-/m0/s1. The molecule has 0 fully saturated rings. The number of ether oxygens (including phenoxy) is 1. The molecule has 128 valence electrons. The molecule has 3 aromatic rings. The molecule has 1 heterocycles. The van der Waals surface area contributed by atoms with Crippen LogP contribution in [0.1, 0.15) is 28.2 Å². The van der Waals surface area contributed by atoms with Gasteiger partial charge in [0, 0.05) is 5.56 Å². The van der Waals surface area contributed by atoms with E-state index in [0.717, 1.165) is 28.4 Å². The van der Waals surface area contributed by atoms with Gasteiger partial charge in [0.25, 0.3) is 5.91 Å². The molecule has 0 bridgehead atoms. The molecule has 0 unspecified atom stereocenters. The number of hydrogen-bond acceptors (Lipinski definition) is 5. The zero-order valence-electron chi connectivity index (χ0n) is 13.7. The number of rotatable bonds is 5. The summed E-state index contributed by atoms with van der Waals surface area (Å²) in [4.78, 5) is 13.0. The summed E-state index contributed by atoms with van der Waals surface area (Å²) < 4.78 is 22.1. The first kappa shape index (κ1) is 17.0. The average Bonchev–Trinajstić information content (AvgIpc) is 3.12. The van der Waals surface area contributed by atoms with Gasteiger partial charge in [-0.25, -0.2) is 4.39 Å². The lowest BCUT2D eigenvalue weighted by atomic mass is 10.1. The molecule has 25 heavy (non-hydrogen) atoms. The number of aromatic nitrogens is 2. The van der Waals surface area contributed by atoms with Crippen molar-refractivity contribution >= 4 is 17.4 Å². The maximum atomic E-state index is 13.0. The van der Waals surface area contributed by atoms with Gasteiger partial charge >= 0.3 is 0 Å². The highest BCUT2D eigenvalue weighted by Crippen LogP contribution is 2.26. The number of nitrogens with one attached hydrogen (secondary N) is 1. The molecule has 1 amide bonds. The summed E-state index contributed by atoms with van der Waals surface area (Å²) in [5.41, 5.74) is 2.13. The van der Waals surface area contributed by atoms with Gasteiger partial charge in [0.1, 0.15) is 22.1 Å². The Kier molecular flexibility index (Phi) is 5.04. The molecule has 0 aliphatic heterocycles. The molecule has 0 saturated heterocycles. The van der Waals surface area contributed by atoms with Crippen molar-refractivity contribution in [3.63, 3.8) is 0 Å². The lowest BCUT2D eigenvalue weighted by Gasteiger charge is -2.14. The van der Waals surface area contributed by atoms with Crippen LogP contribution in [0.4, 0.5) is 4.39 Å². The first-order valence-electron chi connectivity index (χ1n) is 7.61. The largest absolute Gasteiger partial charge is 0.497 e. The highest BCUT2D eigenvalue weighted by Gasteiger charge is 2.20. The second-order valence-corrected chi connectivity index (χ2v) is 6.18. The van der Waals surface area contributed by atoms with E-state index in [1.54, 1.807) is 31.4 Å². The molecule has 0 spiro atoms. The maximum absolute atomic E-state index is 13.0. The SMILES string of the molecule is COc1ccc(-c2nnsc2C(=O)N[C@@H](C)c2ccc(F)cc2)cc1. The van der Waals surface area contributed by atoms with Gasteiger partial charge in [-0.15, -0.1) is 5.10 Å². The van der Waals surface area contributed by atoms with Crippen molar-refractivity contribution in [3.05, 3.63) is 64.8 Å². The van der Waals surface area contributed by atoms with Crippen LogP contribution in [0.25, 0.3) is 11.3 Å². The van der Waals surface area contributed by atoms with Gasteiger partial charge in [-0.1, -0.05) is 16.6 Å². The summed E-state index contributed by atoms with van der Waals surface area (Å²) in [5.74, 6) is 0.149. The van der Waals surface area contributed by atoms with Crippen LogP contribution in [-0.4, -0.2) is 22.6 Å². The zero-order chi connectivity index (χ0) is 17.8. The van der Waals surface area contributed by atoms with E-state index in [2.05, 4.69) is 14.9 Å². The van der Waals surface area contributed by atoms with Crippen molar-refractivity contribution in [2.75, 3.05) is 7.11 Å². The summed E-state index contributed by atoms with van der Waals surface area (Å²) in [5, 5.41) is 6.97. The number of halogens is 1. The van der Waals surface area contributed by atoms with Crippen molar-refractivity contribution < 1.29 is 13.9 Å². The van der Waals surface area contributed by atoms with Gasteiger partial charge in [0.2, 0.25) is 0 Å². The molecule has 1 aromatic heterocycles. The highest BCUT2D eigenvalue weighted by molar-refractivity contribution is 7.08. The highest BCUT2D eigenvalue weighted by atomic mass is 32.1. The van der Waals surface area contributed by atoms with E-state index in [4.69, 9.17) is 4.74 Å². The van der Waals surface area contributed by atoms with Crippen molar-refractivity contribution in [2.24, 2.45) is 0 Å². The Morgan fingerprint density at radius 1 is 1.16 bits per heavy atom. The smallest absolute Gasteiger partial charge is 0.265 e. The molecule has 0 saturated carbocycles. The number of carbonyl (C=O) groups excluding carboxylic acids is 1. The third-order valence-electron chi connectivity index (χ3n) is 3.78. The average molecular weight is 357 g/mol. The number of benzene rings is 2. The quantitative estimate of drug-likeness (QED) is 0.753. The molecule has 5 nitrogen and oxygen atoms in total. The second-order valence-electron chi connectivity index (χ2n) is 5.43. The van der Waals surface area contributed by atoms with Gasteiger partial charge in [0.05, 0.1) is 13.2 Å². The Morgan fingerprint density at radius 3 is 2.48 bits per heavy atom. The van der Waals surface area contributed by atoms with E-state index in [9.17, 15) is 9.18 Å². The van der Waals surface area contributed by atoms with Crippen LogP contribution < -0.4 is 10.1 Å². The Balaban J connectivity index is 1.78. The van der Waals surface area contributed by atoms with Crippen molar-refractivity contribution in [3.8, 4) is 17.0 Å². The lowest BCUT2D eigenvalue weighted by molar-refractivity contribution is 0.0944. The Bertz CT molecular complexity index is 863. The summed E-state index contributed by atoms with van der Waals surface area (Å²) in [6.45, 7) is 1.84. The Hall–Kier alpha value is -2.80. The number of hydrogen-bond donors (Lipinski definition) is 1. The molecule has 2 aromatic carbocycles. The van der Waals surface area contributed by atoms with Crippen molar-refractivity contribution in [2.45, 2.75) is 13.0 Å². The number of nitrogens with zero attached hydrogens (tertiary/aromatic N) is 2. The van der Waals surface area contributed by atoms with Crippen LogP contribution in [0.3, 0.4) is 0 Å². The molecule has 0 aliphatic carbocycles. The fraction of sp³-hybridized carbons (Fsp3) is 0.167. The van der Waals surface area contributed by atoms with Gasteiger partial charge < -0.3 is 10.1 Å². The van der Waals surface area contributed by atoms with Gasteiger partial charge in [-0.3, -0.25) is 4.79 Å². The Labute approximate surface area is 148 Å². The van der Waals surface area contributed by atoms with Gasteiger partial charge in [-0.05, 0) is 60.4 Å². The fourth-order valence-corrected chi connectivity index (χ4v) is 2.97. The third-order valence-corrected chi connectivity index (χ3v) is 4.50. The van der Waals surface area contributed by atoms with E-state index in [1.807, 2.05) is 19.1 Å². The predicted molar refractivity (Wildman–Crippen MR) is 94.2 cm³/mol. The van der Waals surface area contributed by atoms with Crippen LogP contribution >= 0.6 is 11.5 Å².